The number of nitrogens with zero attached hydrogens (tertiary/aromatic N) is 1. The van der Waals surface area contributed by atoms with E-state index in [-0.39, 0.29) is 5.91 Å². The first-order chi connectivity index (χ1) is 7.67. The molecule has 0 aliphatic carbocycles. The zero-order valence-corrected chi connectivity index (χ0v) is 10.1. The Balaban J connectivity index is 2.32. The van der Waals surface area contributed by atoms with Crippen molar-refractivity contribution in [3.8, 4) is 0 Å². The number of carbonyl (C=O) groups excluding carboxylic acids is 1. The van der Waals surface area contributed by atoms with E-state index in [1.165, 1.54) is 0 Å². The Hall–Kier alpha value is -0.870. The van der Waals surface area contributed by atoms with E-state index in [9.17, 15) is 4.79 Å². The van der Waals surface area contributed by atoms with Crippen molar-refractivity contribution in [2.75, 3.05) is 26.2 Å². The maximum atomic E-state index is 11.5. The molecule has 92 valence electrons. The standard InChI is InChI=1S/C12H23N3O/c1-3-6-14-12(16)9-15-7-5-11(13)10(4-2)8-15/h3,10-11H,1,4-9,13H2,2H3,(H,14,16). The Labute approximate surface area is 97.9 Å². The lowest BCUT2D eigenvalue weighted by atomic mass is 9.91. The molecule has 0 aromatic rings. The average Bonchev–Trinajstić information content (AvgIpc) is 2.29. The Kier molecular flexibility index (Phi) is 5.49. The maximum absolute atomic E-state index is 11.5. The SMILES string of the molecule is C=CCNC(=O)CN1CCC(N)C(CC)C1. The van der Waals surface area contributed by atoms with Crippen molar-refractivity contribution < 1.29 is 4.79 Å². The minimum absolute atomic E-state index is 0.0743. The summed E-state index contributed by atoms with van der Waals surface area (Å²) in [7, 11) is 0. The molecule has 1 aliphatic rings. The number of hydrogen-bond donors (Lipinski definition) is 2. The van der Waals surface area contributed by atoms with Gasteiger partial charge in [0.05, 0.1) is 6.54 Å². The first kappa shape index (κ1) is 13.2. The minimum Gasteiger partial charge on any atom is -0.352 e. The van der Waals surface area contributed by atoms with Gasteiger partial charge in [0.25, 0.3) is 0 Å². The van der Waals surface area contributed by atoms with E-state index in [0.29, 0.717) is 25.0 Å². The van der Waals surface area contributed by atoms with Crippen molar-refractivity contribution in [1.82, 2.24) is 10.2 Å². The van der Waals surface area contributed by atoms with Gasteiger partial charge in [-0.2, -0.15) is 0 Å². The second kappa shape index (κ2) is 6.66. The Morgan fingerprint density at radius 3 is 3.06 bits per heavy atom. The average molecular weight is 225 g/mol. The second-order valence-corrected chi connectivity index (χ2v) is 4.45. The van der Waals surface area contributed by atoms with E-state index < -0.39 is 0 Å². The van der Waals surface area contributed by atoms with E-state index in [1.807, 2.05) is 0 Å². The summed E-state index contributed by atoms with van der Waals surface area (Å²) < 4.78 is 0. The van der Waals surface area contributed by atoms with Crippen molar-refractivity contribution >= 4 is 5.91 Å². The zero-order chi connectivity index (χ0) is 12.0. The molecule has 2 atom stereocenters. The van der Waals surface area contributed by atoms with Gasteiger partial charge in [-0.1, -0.05) is 19.4 Å². The summed E-state index contributed by atoms with van der Waals surface area (Å²) in [5.74, 6) is 0.603. The van der Waals surface area contributed by atoms with Crippen LogP contribution in [-0.4, -0.2) is 43.0 Å². The topological polar surface area (TPSA) is 58.4 Å². The summed E-state index contributed by atoms with van der Waals surface area (Å²) in [5.41, 5.74) is 6.02. The van der Waals surface area contributed by atoms with Gasteiger partial charge >= 0.3 is 0 Å². The van der Waals surface area contributed by atoms with Gasteiger partial charge in [-0.3, -0.25) is 9.69 Å². The van der Waals surface area contributed by atoms with Crippen LogP contribution in [0.5, 0.6) is 0 Å². The fraction of sp³-hybridized carbons (Fsp3) is 0.750. The summed E-state index contributed by atoms with van der Waals surface area (Å²) in [4.78, 5) is 13.7. The highest BCUT2D eigenvalue weighted by Gasteiger charge is 2.25. The lowest BCUT2D eigenvalue weighted by Crippen LogP contribution is -2.49. The molecule has 2 unspecified atom stereocenters. The van der Waals surface area contributed by atoms with Crippen LogP contribution in [0.25, 0.3) is 0 Å². The third kappa shape index (κ3) is 3.94. The van der Waals surface area contributed by atoms with Crippen LogP contribution in [0.3, 0.4) is 0 Å². The van der Waals surface area contributed by atoms with Crippen LogP contribution in [-0.2, 0) is 4.79 Å². The molecule has 1 amide bonds. The molecule has 0 spiro atoms. The van der Waals surface area contributed by atoms with E-state index in [1.54, 1.807) is 6.08 Å². The smallest absolute Gasteiger partial charge is 0.234 e. The molecule has 16 heavy (non-hydrogen) atoms. The first-order valence-corrected chi connectivity index (χ1v) is 6.02. The predicted octanol–water partition coefficient (Wildman–Crippen LogP) is 0.348. The Bertz CT molecular complexity index is 242. The quantitative estimate of drug-likeness (QED) is 0.664. The van der Waals surface area contributed by atoms with Gasteiger partial charge in [-0.25, -0.2) is 0 Å². The molecule has 1 fully saturated rings. The highest BCUT2D eigenvalue weighted by atomic mass is 16.2. The van der Waals surface area contributed by atoms with Gasteiger partial charge in [-0.05, 0) is 12.3 Å². The molecule has 1 heterocycles. The van der Waals surface area contributed by atoms with Gasteiger partial charge in [0.1, 0.15) is 0 Å². The largest absolute Gasteiger partial charge is 0.352 e. The Morgan fingerprint density at radius 1 is 1.69 bits per heavy atom. The molecule has 1 aliphatic heterocycles. The normalized spacial score (nSPS) is 26.4. The number of nitrogens with one attached hydrogen (secondary N) is 1. The summed E-state index contributed by atoms with van der Waals surface area (Å²) in [5, 5.41) is 2.79. The molecular weight excluding hydrogens is 202 g/mol. The van der Waals surface area contributed by atoms with Crippen LogP contribution in [0.1, 0.15) is 19.8 Å². The molecule has 3 N–H and O–H groups in total. The highest BCUT2D eigenvalue weighted by Crippen LogP contribution is 2.17. The second-order valence-electron chi connectivity index (χ2n) is 4.45. The number of amides is 1. The monoisotopic (exact) mass is 225 g/mol. The van der Waals surface area contributed by atoms with Crippen molar-refractivity contribution in [3.63, 3.8) is 0 Å². The molecule has 1 saturated heterocycles. The van der Waals surface area contributed by atoms with Crippen molar-refractivity contribution in [3.05, 3.63) is 12.7 Å². The van der Waals surface area contributed by atoms with Crippen LogP contribution in [0, 0.1) is 5.92 Å². The maximum Gasteiger partial charge on any atom is 0.234 e. The first-order valence-electron chi connectivity index (χ1n) is 6.02. The number of likely N-dealkylation sites (tertiary alicyclic amines) is 1. The lowest BCUT2D eigenvalue weighted by molar-refractivity contribution is -0.122. The summed E-state index contributed by atoms with van der Waals surface area (Å²) in [6.45, 7) is 8.63. The molecule has 0 aromatic carbocycles. The van der Waals surface area contributed by atoms with Crippen LogP contribution in [0.4, 0.5) is 0 Å². The number of rotatable bonds is 5. The molecule has 4 nitrogen and oxygen atoms in total. The Morgan fingerprint density at radius 2 is 2.44 bits per heavy atom. The minimum atomic E-state index is 0.0743. The molecule has 1 rings (SSSR count). The molecule has 0 bridgehead atoms. The fourth-order valence-electron chi connectivity index (χ4n) is 2.15. The third-order valence-corrected chi connectivity index (χ3v) is 3.21. The zero-order valence-electron chi connectivity index (χ0n) is 10.1. The predicted molar refractivity (Wildman–Crippen MR) is 66.0 cm³/mol. The van der Waals surface area contributed by atoms with Crippen molar-refractivity contribution in [2.45, 2.75) is 25.8 Å². The number of piperidine rings is 1. The van der Waals surface area contributed by atoms with E-state index in [0.717, 1.165) is 25.9 Å². The van der Waals surface area contributed by atoms with Crippen molar-refractivity contribution in [1.29, 1.82) is 0 Å². The van der Waals surface area contributed by atoms with Gasteiger partial charge in [0.2, 0.25) is 5.91 Å². The molecule has 0 saturated carbocycles. The third-order valence-electron chi connectivity index (χ3n) is 3.21. The highest BCUT2D eigenvalue weighted by molar-refractivity contribution is 5.78. The van der Waals surface area contributed by atoms with Gasteiger partial charge in [-0.15, -0.1) is 6.58 Å². The summed E-state index contributed by atoms with van der Waals surface area (Å²) in [6.07, 6.45) is 3.78. The van der Waals surface area contributed by atoms with E-state index in [4.69, 9.17) is 5.73 Å². The van der Waals surface area contributed by atoms with Gasteiger partial charge in [0.15, 0.2) is 0 Å². The fourth-order valence-corrected chi connectivity index (χ4v) is 2.15. The number of nitrogens with two attached hydrogens (primary N) is 1. The summed E-state index contributed by atoms with van der Waals surface area (Å²) in [6, 6.07) is 0.303. The van der Waals surface area contributed by atoms with Crippen LogP contribution < -0.4 is 11.1 Å². The van der Waals surface area contributed by atoms with Crippen LogP contribution >= 0.6 is 0 Å². The summed E-state index contributed by atoms with van der Waals surface area (Å²) >= 11 is 0. The molecule has 0 radical (unpaired) electrons. The molecular formula is C12H23N3O. The van der Waals surface area contributed by atoms with Gasteiger partial charge < -0.3 is 11.1 Å². The number of carbonyl (C=O) groups is 1. The number of hydrogen-bond acceptors (Lipinski definition) is 3. The molecule has 4 heteroatoms. The van der Waals surface area contributed by atoms with Gasteiger partial charge in [0, 0.05) is 25.7 Å². The van der Waals surface area contributed by atoms with Crippen LogP contribution in [0.15, 0.2) is 12.7 Å². The van der Waals surface area contributed by atoms with E-state index in [2.05, 4.69) is 23.7 Å². The van der Waals surface area contributed by atoms with E-state index >= 15 is 0 Å². The van der Waals surface area contributed by atoms with Crippen molar-refractivity contribution in [2.24, 2.45) is 11.7 Å². The molecule has 0 aromatic heterocycles. The van der Waals surface area contributed by atoms with Crippen LogP contribution in [0.2, 0.25) is 0 Å². The lowest BCUT2D eigenvalue weighted by Gasteiger charge is -2.36.